The largest absolute Gasteiger partial charge is 0.381 e. The first-order valence-corrected chi connectivity index (χ1v) is 13.8. The zero-order valence-electron chi connectivity index (χ0n) is 20.6. The summed E-state index contributed by atoms with van der Waals surface area (Å²) in [5, 5.41) is 14.9. The molecule has 3 aromatic rings. The predicted molar refractivity (Wildman–Crippen MR) is 141 cm³/mol. The zero-order chi connectivity index (χ0) is 24.6. The molecule has 6 rings (SSSR count). The van der Waals surface area contributed by atoms with Crippen molar-refractivity contribution in [1.82, 2.24) is 15.3 Å². The number of rotatable bonds is 6. The van der Waals surface area contributed by atoms with E-state index < -0.39 is 0 Å². The number of halogens is 1. The molecule has 1 saturated carbocycles. The molecule has 3 fully saturated rings. The average molecular weight is 507 g/mol. The Morgan fingerprint density at radius 3 is 2.61 bits per heavy atom. The SMILES string of the molecule is CCN(c1nc(C2CCOCC2)c(C#N)s1)c1cc(C2CC2)nc2c(F)cc(N3CCNCC3)cc12. The van der Waals surface area contributed by atoms with Gasteiger partial charge in [-0.3, -0.25) is 0 Å². The van der Waals surface area contributed by atoms with Gasteiger partial charge in [0.05, 0.1) is 11.4 Å². The number of ether oxygens (including phenoxy) is 1. The van der Waals surface area contributed by atoms with Gasteiger partial charge < -0.3 is 19.9 Å². The van der Waals surface area contributed by atoms with Gasteiger partial charge in [-0.15, -0.1) is 0 Å². The normalized spacial score (nSPS) is 19.0. The van der Waals surface area contributed by atoms with Crippen LogP contribution in [0.15, 0.2) is 18.2 Å². The van der Waals surface area contributed by atoms with E-state index in [4.69, 9.17) is 14.7 Å². The number of nitrogens with one attached hydrogen (secondary N) is 1. The number of benzene rings is 1. The molecule has 1 aliphatic carbocycles. The second-order valence-electron chi connectivity index (χ2n) is 9.85. The second-order valence-corrected chi connectivity index (χ2v) is 10.8. The Morgan fingerprint density at radius 2 is 1.92 bits per heavy atom. The van der Waals surface area contributed by atoms with Crippen LogP contribution in [0.3, 0.4) is 0 Å². The van der Waals surface area contributed by atoms with Crippen molar-refractivity contribution in [2.75, 3.05) is 55.7 Å². The number of hydrogen-bond acceptors (Lipinski definition) is 8. The second kappa shape index (κ2) is 9.92. The van der Waals surface area contributed by atoms with Crippen LogP contribution in [-0.2, 0) is 4.74 Å². The number of nitriles is 1. The average Bonchev–Trinajstić information content (AvgIpc) is 3.69. The van der Waals surface area contributed by atoms with Crippen LogP contribution in [0.2, 0.25) is 0 Å². The first kappa shape index (κ1) is 23.6. The lowest BCUT2D eigenvalue weighted by atomic mass is 9.96. The Labute approximate surface area is 214 Å². The maximum Gasteiger partial charge on any atom is 0.191 e. The number of pyridine rings is 1. The topological polar surface area (TPSA) is 77.3 Å². The molecule has 1 N–H and O–H groups in total. The van der Waals surface area contributed by atoms with Gasteiger partial charge >= 0.3 is 0 Å². The molecule has 4 heterocycles. The Kier molecular flexibility index (Phi) is 6.50. The number of nitrogens with zero attached hydrogens (tertiary/aromatic N) is 5. The number of hydrogen-bond donors (Lipinski definition) is 1. The predicted octanol–water partition coefficient (Wildman–Crippen LogP) is 5.04. The van der Waals surface area contributed by atoms with Crippen molar-refractivity contribution in [1.29, 1.82) is 5.26 Å². The molecule has 2 saturated heterocycles. The summed E-state index contributed by atoms with van der Waals surface area (Å²) < 4.78 is 21.1. The highest BCUT2D eigenvalue weighted by Crippen LogP contribution is 2.45. The van der Waals surface area contributed by atoms with Crippen molar-refractivity contribution in [3.8, 4) is 6.07 Å². The minimum Gasteiger partial charge on any atom is -0.381 e. The molecule has 1 aromatic carbocycles. The van der Waals surface area contributed by atoms with Crippen molar-refractivity contribution in [2.45, 2.75) is 44.4 Å². The van der Waals surface area contributed by atoms with Gasteiger partial charge in [-0.05, 0) is 50.8 Å². The summed E-state index contributed by atoms with van der Waals surface area (Å²) in [4.78, 5) is 14.9. The third-order valence-electron chi connectivity index (χ3n) is 7.52. The fourth-order valence-corrected chi connectivity index (χ4v) is 6.39. The van der Waals surface area contributed by atoms with Gasteiger partial charge in [0.1, 0.15) is 16.5 Å². The van der Waals surface area contributed by atoms with Crippen LogP contribution in [-0.4, -0.2) is 55.9 Å². The van der Waals surface area contributed by atoms with Crippen molar-refractivity contribution >= 4 is 38.7 Å². The molecule has 188 valence electrons. The van der Waals surface area contributed by atoms with Crippen LogP contribution in [0.4, 0.5) is 20.9 Å². The molecule has 7 nitrogen and oxygen atoms in total. The Balaban J connectivity index is 1.48. The van der Waals surface area contributed by atoms with E-state index in [2.05, 4.69) is 40.2 Å². The highest BCUT2D eigenvalue weighted by atomic mass is 32.1. The minimum absolute atomic E-state index is 0.241. The molecule has 36 heavy (non-hydrogen) atoms. The number of thiazole rings is 1. The molecule has 2 aliphatic heterocycles. The third-order valence-corrected chi connectivity index (χ3v) is 8.52. The van der Waals surface area contributed by atoms with Crippen molar-refractivity contribution in [2.24, 2.45) is 0 Å². The highest BCUT2D eigenvalue weighted by molar-refractivity contribution is 7.16. The summed E-state index contributed by atoms with van der Waals surface area (Å²) >= 11 is 1.44. The van der Waals surface area contributed by atoms with Crippen LogP contribution >= 0.6 is 11.3 Å². The van der Waals surface area contributed by atoms with E-state index in [9.17, 15) is 5.26 Å². The summed E-state index contributed by atoms with van der Waals surface area (Å²) in [6.45, 7) is 7.61. The minimum atomic E-state index is -0.277. The Bertz CT molecular complexity index is 1300. The molecule has 0 unspecified atom stereocenters. The molecule has 3 aliphatic rings. The van der Waals surface area contributed by atoms with E-state index in [0.717, 1.165) is 85.1 Å². The van der Waals surface area contributed by atoms with E-state index in [0.29, 0.717) is 36.1 Å². The van der Waals surface area contributed by atoms with Gasteiger partial charge in [-0.25, -0.2) is 14.4 Å². The van der Waals surface area contributed by atoms with Crippen molar-refractivity contribution in [3.05, 3.63) is 40.3 Å². The Hall–Kier alpha value is -2.80. The van der Waals surface area contributed by atoms with Crippen molar-refractivity contribution in [3.63, 3.8) is 0 Å². The lowest BCUT2D eigenvalue weighted by Crippen LogP contribution is -2.43. The molecule has 0 amide bonds. The lowest BCUT2D eigenvalue weighted by Gasteiger charge is -2.30. The molecular formula is C27H31FN6OS. The number of fused-ring (bicyclic) bond motifs is 1. The fourth-order valence-electron chi connectivity index (χ4n) is 5.36. The van der Waals surface area contributed by atoms with Crippen LogP contribution in [0, 0.1) is 17.1 Å². The van der Waals surface area contributed by atoms with Gasteiger partial charge in [-0.2, -0.15) is 5.26 Å². The number of piperazine rings is 1. The molecule has 2 aromatic heterocycles. The van der Waals surface area contributed by atoms with Gasteiger partial charge in [0, 0.05) is 74.5 Å². The number of anilines is 3. The molecule has 9 heteroatoms. The standard InChI is InChI=1S/C27H31FN6OS/c1-2-34(27-32-25(24(16-29)36-27)18-5-11-35-12-6-18)23-15-22(17-3-4-17)31-26-20(23)13-19(14-21(26)28)33-9-7-30-8-10-33/h13-15,17-18,30H,2-12H2,1H3. The summed E-state index contributed by atoms with van der Waals surface area (Å²) in [6, 6.07) is 8.24. The molecule has 0 spiro atoms. The van der Waals surface area contributed by atoms with Crippen molar-refractivity contribution < 1.29 is 9.13 Å². The van der Waals surface area contributed by atoms with Gasteiger partial charge in [0.25, 0.3) is 0 Å². The molecular weight excluding hydrogens is 475 g/mol. The van der Waals surface area contributed by atoms with Crippen LogP contribution < -0.4 is 15.1 Å². The van der Waals surface area contributed by atoms with Gasteiger partial charge in [0.15, 0.2) is 10.9 Å². The van der Waals surface area contributed by atoms with Crippen LogP contribution in [0.5, 0.6) is 0 Å². The summed E-state index contributed by atoms with van der Waals surface area (Å²) in [7, 11) is 0. The zero-order valence-corrected chi connectivity index (χ0v) is 21.4. The third kappa shape index (κ3) is 4.42. The molecule has 0 bridgehead atoms. The smallest absolute Gasteiger partial charge is 0.191 e. The van der Waals surface area contributed by atoms with Gasteiger partial charge in [0.2, 0.25) is 0 Å². The molecule has 0 atom stereocenters. The summed E-state index contributed by atoms with van der Waals surface area (Å²) in [5.41, 5.74) is 4.07. The Morgan fingerprint density at radius 1 is 1.14 bits per heavy atom. The first-order valence-electron chi connectivity index (χ1n) is 13.0. The fraction of sp³-hybridized carbons (Fsp3) is 0.519. The van der Waals surface area contributed by atoms with E-state index in [1.807, 2.05) is 0 Å². The van der Waals surface area contributed by atoms with Crippen LogP contribution in [0.25, 0.3) is 10.9 Å². The molecule has 0 radical (unpaired) electrons. The first-order chi connectivity index (χ1) is 17.7. The van der Waals surface area contributed by atoms with Crippen LogP contribution in [0.1, 0.15) is 60.7 Å². The van der Waals surface area contributed by atoms with E-state index in [1.54, 1.807) is 6.07 Å². The maximum absolute atomic E-state index is 15.6. The number of aromatic nitrogens is 2. The summed E-state index contributed by atoms with van der Waals surface area (Å²) in [6.07, 6.45) is 3.95. The maximum atomic E-state index is 15.6. The van der Waals surface area contributed by atoms with Gasteiger partial charge in [-0.1, -0.05) is 11.3 Å². The van der Waals surface area contributed by atoms with E-state index in [1.165, 1.54) is 11.3 Å². The highest BCUT2D eigenvalue weighted by Gasteiger charge is 2.30. The lowest BCUT2D eigenvalue weighted by molar-refractivity contribution is 0.0846. The quantitative estimate of drug-likeness (QED) is 0.502. The summed E-state index contributed by atoms with van der Waals surface area (Å²) in [5.74, 6) is 0.355. The monoisotopic (exact) mass is 506 g/mol. The van der Waals surface area contributed by atoms with E-state index in [-0.39, 0.29) is 11.7 Å². The van der Waals surface area contributed by atoms with E-state index >= 15 is 4.39 Å².